The van der Waals surface area contributed by atoms with Gasteiger partial charge in [0.2, 0.25) is 5.91 Å². The van der Waals surface area contributed by atoms with Gasteiger partial charge in [-0.1, -0.05) is 0 Å². The van der Waals surface area contributed by atoms with Crippen LogP contribution < -0.4 is 21.5 Å². The van der Waals surface area contributed by atoms with Gasteiger partial charge in [0, 0.05) is 30.3 Å². The van der Waals surface area contributed by atoms with Crippen molar-refractivity contribution < 1.29 is 14.3 Å². The number of unbranched alkanes of at least 4 members (excludes halogenated alkanes) is 1. The minimum absolute atomic E-state index is 0.211. The Bertz CT molecular complexity index is 475. The number of hydrogen-bond acceptors (Lipinski definition) is 4. The first-order valence-electron chi connectivity index (χ1n) is 6.62. The van der Waals surface area contributed by atoms with Crippen LogP contribution in [0.25, 0.3) is 0 Å². The second-order valence-electron chi connectivity index (χ2n) is 4.40. The van der Waals surface area contributed by atoms with Gasteiger partial charge in [-0.3, -0.25) is 9.59 Å². The van der Waals surface area contributed by atoms with Crippen molar-refractivity contribution in [1.82, 2.24) is 5.32 Å². The number of primary amides is 1. The maximum Gasteiger partial charge on any atom is 0.251 e. The first kappa shape index (κ1) is 15.8. The van der Waals surface area contributed by atoms with Gasteiger partial charge >= 0.3 is 0 Å². The average Bonchev–Trinajstić information content (AvgIpc) is 2.37. The third kappa shape index (κ3) is 5.60. The molecule has 0 spiro atoms. The molecule has 6 nitrogen and oxygen atoms in total. The highest BCUT2D eigenvalue weighted by Crippen LogP contribution is 2.18. The normalized spacial score (nSPS) is 10.1. The number of carbonyl (C=O) groups excluding carboxylic acids is 2. The summed E-state index contributed by atoms with van der Waals surface area (Å²) in [6, 6.07) is 4.92. The van der Waals surface area contributed by atoms with Crippen molar-refractivity contribution in [3.8, 4) is 5.75 Å². The highest BCUT2D eigenvalue weighted by atomic mass is 16.5. The molecule has 0 fully saturated rings. The van der Waals surface area contributed by atoms with Gasteiger partial charge in [-0.15, -0.1) is 0 Å². The summed E-state index contributed by atoms with van der Waals surface area (Å²) < 4.78 is 5.34. The minimum atomic E-state index is -0.325. The molecule has 2 amide bonds. The van der Waals surface area contributed by atoms with E-state index in [1.165, 1.54) is 0 Å². The van der Waals surface area contributed by atoms with Gasteiger partial charge in [-0.25, -0.2) is 0 Å². The molecule has 0 radical (unpaired) electrons. The third-order valence-electron chi connectivity index (χ3n) is 2.64. The molecule has 0 atom stereocenters. The van der Waals surface area contributed by atoms with Crippen molar-refractivity contribution in [2.45, 2.75) is 26.2 Å². The number of amides is 2. The molecule has 6 heteroatoms. The summed E-state index contributed by atoms with van der Waals surface area (Å²) in [4.78, 5) is 22.5. The van der Waals surface area contributed by atoms with Crippen LogP contribution >= 0.6 is 0 Å². The quantitative estimate of drug-likeness (QED) is 0.488. The van der Waals surface area contributed by atoms with Gasteiger partial charge in [-0.2, -0.15) is 0 Å². The molecule has 0 unspecified atom stereocenters. The molecule has 0 aromatic heterocycles. The Morgan fingerprint density at radius 1 is 1.25 bits per heavy atom. The maximum absolute atomic E-state index is 11.9. The summed E-state index contributed by atoms with van der Waals surface area (Å²) >= 11 is 0. The molecular weight excluding hydrogens is 258 g/mol. The summed E-state index contributed by atoms with van der Waals surface area (Å²) in [6.45, 7) is 2.87. The van der Waals surface area contributed by atoms with Gasteiger partial charge in [0.15, 0.2) is 0 Å². The van der Waals surface area contributed by atoms with E-state index in [9.17, 15) is 9.59 Å². The summed E-state index contributed by atoms with van der Waals surface area (Å²) in [5.41, 5.74) is 11.7. The van der Waals surface area contributed by atoms with Gasteiger partial charge < -0.3 is 21.5 Å². The molecule has 1 aromatic carbocycles. The molecular formula is C14H21N3O3. The van der Waals surface area contributed by atoms with Gasteiger partial charge in [0.1, 0.15) is 5.75 Å². The fourth-order valence-corrected chi connectivity index (χ4v) is 1.73. The Morgan fingerprint density at radius 3 is 2.65 bits per heavy atom. The maximum atomic E-state index is 11.9. The van der Waals surface area contributed by atoms with E-state index in [2.05, 4.69) is 5.32 Å². The van der Waals surface area contributed by atoms with E-state index >= 15 is 0 Å². The van der Waals surface area contributed by atoms with Crippen LogP contribution in [0.3, 0.4) is 0 Å². The van der Waals surface area contributed by atoms with E-state index in [-0.39, 0.29) is 11.8 Å². The van der Waals surface area contributed by atoms with Crippen LogP contribution in [0, 0.1) is 0 Å². The fourth-order valence-electron chi connectivity index (χ4n) is 1.73. The molecule has 0 aliphatic heterocycles. The number of nitrogens with two attached hydrogens (primary N) is 2. The first-order chi connectivity index (χ1) is 9.52. The van der Waals surface area contributed by atoms with E-state index in [1.807, 2.05) is 6.92 Å². The van der Waals surface area contributed by atoms with E-state index in [1.54, 1.807) is 18.2 Å². The van der Waals surface area contributed by atoms with Gasteiger partial charge in [0.05, 0.1) is 6.61 Å². The molecule has 0 aliphatic rings. The highest BCUT2D eigenvalue weighted by Gasteiger charge is 2.08. The van der Waals surface area contributed by atoms with Crippen LogP contribution in [0.5, 0.6) is 5.75 Å². The third-order valence-corrected chi connectivity index (χ3v) is 2.64. The molecule has 0 aliphatic carbocycles. The van der Waals surface area contributed by atoms with Crippen molar-refractivity contribution >= 4 is 17.5 Å². The van der Waals surface area contributed by atoms with Crippen molar-refractivity contribution in [1.29, 1.82) is 0 Å². The zero-order valence-corrected chi connectivity index (χ0v) is 11.6. The predicted molar refractivity (Wildman–Crippen MR) is 77.4 cm³/mol. The lowest BCUT2D eigenvalue weighted by atomic mass is 10.1. The number of rotatable bonds is 8. The SMILES string of the molecule is CCOc1cc(N)cc(C(=O)NCCCCC(N)=O)c1. The van der Waals surface area contributed by atoms with Crippen molar-refractivity contribution in [3.63, 3.8) is 0 Å². The number of ether oxygens (including phenoxy) is 1. The lowest BCUT2D eigenvalue weighted by molar-refractivity contribution is -0.118. The Labute approximate surface area is 118 Å². The molecule has 0 heterocycles. The topological polar surface area (TPSA) is 107 Å². The van der Waals surface area contributed by atoms with Crippen LogP contribution in [0.1, 0.15) is 36.5 Å². The largest absolute Gasteiger partial charge is 0.494 e. The number of nitrogen functional groups attached to an aromatic ring is 1. The van der Waals surface area contributed by atoms with Crippen molar-refractivity contribution in [3.05, 3.63) is 23.8 Å². The summed E-state index contributed by atoms with van der Waals surface area (Å²) in [6.07, 6.45) is 1.70. The molecule has 0 bridgehead atoms. The second kappa shape index (κ2) is 8.04. The van der Waals surface area contributed by atoms with Crippen LogP contribution in [-0.2, 0) is 4.79 Å². The summed E-state index contributed by atoms with van der Waals surface area (Å²) in [5, 5.41) is 2.77. The van der Waals surface area contributed by atoms with Crippen molar-refractivity contribution in [2.75, 3.05) is 18.9 Å². The van der Waals surface area contributed by atoms with E-state index < -0.39 is 0 Å². The standard InChI is InChI=1S/C14H21N3O3/c1-2-20-12-8-10(7-11(15)9-12)14(19)17-6-4-3-5-13(16)18/h7-9H,2-6,15H2,1H3,(H2,16,18)(H,17,19). The Balaban J connectivity index is 2.48. The molecule has 0 saturated heterocycles. The fraction of sp³-hybridized carbons (Fsp3) is 0.429. The number of carbonyl (C=O) groups is 2. The van der Waals surface area contributed by atoms with E-state index in [0.29, 0.717) is 49.4 Å². The monoisotopic (exact) mass is 279 g/mol. The predicted octanol–water partition coefficient (Wildman–Crippen LogP) is 1.05. The van der Waals surface area contributed by atoms with Crippen LogP contribution in [0.15, 0.2) is 18.2 Å². The lowest BCUT2D eigenvalue weighted by Gasteiger charge is -2.09. The minimum Gasteiger partial charge on any atom is -0.494 e. The molecule has 20 heavy (non-hydrogen) atoms. The summed E-state index contributed by atoms with van der Waals surface area (Å²) in [7, 11) is 0. The highest BCUT2D eigenvalue weighted by molar-refractivity contribution is 5.95. The number of hydrogen-bond donors (Lipinski definition) is 3. The van der Waals surface area contributed by atoms with Gasteiger partial charge in [-0.05, 0) is 31.9 Å². The molecule has 1 rings (SSSR count). The van der Waals surface area contributed by atoms with Crippen molar-refractivity contribution in [2.24, 2.45) is 5.73 Å². The van der Waals surface area contributed by atoms with Gasteiger partial charge in [0.25, 0.3) is 5.91 Å². The van der Waals surface area contributed by atoms with E-state index in [4.69, 9.17) is 16.2 Å². The zero-order chi connectivity index (χ0) is 15.0. The second-order valence-corrected chi connectivity index (χ2v) is 4.40. The Morgan fingerprint density at radius 2 is 2.00 bits per heavy atom. The van der Waals surface area contributed by atoms with Crippen LogP contribution in [0.2, 0.25) is 0 Å². The van der Waals surface area contributed by atoms with E-state index in [0.717, 1.165) is 0 Å². The molecule has 110 valence electrons. The van der Waals surface area contributed by atoms with Crippen LogP contribution in [-0.4, -0.2) is 25.0 Å². The molecule has 1 aromatic rings. The number of anilines is 1. The Hall–Kier alpha value is -2.24. The Kier molecular flexibility index (Phi) is 6.36. The first-order valence-corrected chi connectivity index (χ1v) is 6.62. The average molecular weight is 279 g/mol. The molecule has 0 saturated carbocycles. The molecule has 5 N–H and O–H groups in total. The smallest absolute Gasteiger partial charge is 0.251 e. The number of benzene rings is 1. The zero-order valence-electron chi connectivity index (χ0n) is 11.6. The van der Waals surface area contributed by atoms with Crippen LogP contribution in [0.4, 0.5) is 5.69 Å². The summed E-state index contributed by atoms with van der Waals surface area (Å²) in [5.74, 6) is 0.0391. The number of nitrogens with one attached hydrogen (secondary N) is 1. The lowest BCUT2D eigenvalue weighted by Crippen LogP contribution is -2.24.